The van der Waals surface area contributed by atoms with Crippen LogP contribution in [-0.4, -0.2) is 46.9 Å². The average molecular weight is 894 g/mol. The van der Waals surface area contributed by atoms with Gasteiger partial charge in [-0.25, -0.2) is 0 Å². The highest BCUT2D eigenvalue weighted by atomic mass is 16.5. The first-order valence-corrected chi connectivity index (χ1v) is 27.2. The van der Waals surface area contributed by atoms with Gasteiger partial charge in [0.15, 0.2) is 0 Å². The number of hydrogen-bond acceptors (Lipinski definition) is 5. The summed E-state index contributed by atoms with van der Waals surface area (Å²) in [6.45, 7) is 6.32. The van der Waals surface area contributed by atoms with Gasteiger partial charge in [0.1, 0.15) is 6.10 Å². The van der Waals surface area contributed by atoms with Crippen LogP contribution in [0.15, 0.2) is 72.9 Å². The summed E-state index contributed by atoms with van der Waals surface area (Å²) >= 11 is 0. The van der Waals surface area contributed by atoms with Crippen molar-refractivity contribution in [3.05, 3.63) is 72.9 Å². The number of allylic oxidation sites excluding steroid dienone is 12. The lowest BCUT2D eigenvalue weighted by molar-refractivity contribution is -0.151. The van der Waals surface area contributed by atoms with E-state index in [1.807, 2.05) is 0 Å². The Labute approximate surface area is 396 Å². The molecule has 0 aromatic rings. The third-order valence-corrected chi connectivity index (χ3v) is 12.1. The van der Waals surface area contributed by atoms with Gasteiger partial charge in [-0.3, -0.25) is 9.59 Å². The van der Waals surface area contributed by atoms with E-state index in [4.69, 9.17) is 4.74 Å². The van der Waals surface area contributed by atoms with Gasteiger partial charge in [-0.2, -0.15) is 0 Å². The summed E-state index contributed by atoms with van der Waals surface area (Å²) in [4.78, 5) is 26.2. The van der Waals surface area contributed by atoms with Crippen LogP contribution in [0, 0.1) is 0 Å². The second-order valence-electron chi connectivity index (χ2n) is 18.3. The zero-order chi connectivity index (χ0) is 46.7. The Bertz CT molecular complexity index is 1190. The zero-order valence-electron chi connectivity index (χ0n) is 42.1. The molecule has 0 aliphatic carbocycles. The van der Waals surface area contributed by atoms with Crippen LogP contribution in [0.1, 0.15) is 258 Å². The molecule has 3 unspecified atom stereocenters. The fraction of sp³-hybridized carbons (Fsp3) is 0.759. The molecule has 3 atom stereocenters. The molecule has 0 fully saturated rings. The highest BCUT2D eigenvalue weighted by molar-refractivity contribution is 5.77. The van der Waals surface area contributed by atoms with Gasteiger partial charge in [-0.1, -0.05) is 235 Å². The van der Waals surface area contributed by atoms with E-state index in [2.05, 4.69) is 99.0 Å². The standard InChI is InChI=1S/C58H103NO5/c1-4-7-10-13-16-19-22-25-26-27-28-29-30-33-36-39-42-45-48-51-58(63)64-54(49-46-43-40-37-34-31-23-20-17-14-11-8-5-2)52-57(62)59-55(53-60)56(61)50-47-44-41-38-35-32-24-21-18-15-12-9-6-3/h8,11,14,16-17,19-20,23,25-26,28-29,54-56,60-61H,4-7,9-10,12-13,15,18,21-22,24,27,30-53H2,1-3H3,(H,59,62)/b11-8+,17-14+,19-16-,23-20+,26-25-,29-28-. The molecule has 0 bridgehead atoms. The van der Waals surface area contributed by atoms with Crippen molar-refractivity contribution in [2.45, 2.75) is 277 Å². The smallest absolute Gasteiger partial charge is 0.306 e. The molecule has 0 spiro atoms. The molecule has 370 valence electrons. The van der Waals surface area contributed by atoms with Gasteiger partial charge < -0.3 is 20.3 Å². The number of rotatable bonds is 48. The first kappa shape index (κ1) is 61.3. The minimum absolute atomic E-state index is 0.0563. The van der Waals surface area contributed by atoms with Gasteiger partial charge in [0.25, 0.3) is 0 Å². The molecule has 0 saturated heterocycles. The Morgan fingerprint density at radius 3 is 1.44 bits per heavy atom. The Morgan fingerprint density at radius 1 is 0.484 bits per heavy atom. The number of nitrogens with one attached hydrogen (secondary N) is 1. The molecule has 0 aliphatic heterocycles. The van der Waals surface area contributed by atoms with Crippen molar-refractivity contribution in [1.29, 1.82) is 0 Å². The molecule has 0 rings (SSSR count). The van der Waals surface area contributed by atoms with E-state index in [9.17, 15) is 19.8 Å². The number of carbonyl (C=O) groups is 2. The highest BCUT2D eigenvalue weighted by Gasteiger charge is 2.24. The molecule has 6 nitrogen and oxygen atoms in total. The van der Waals surface area contributed by atoms with Crippen LogP contribution in [0.3, 0.4) is 0 Å². The van der Waals surface area contributed by atoms with Gasteiger partial charge in [0.05, 0.1) is 25.2 Å². The van der Waals surface area contributed by atoms with E-state index in [1.165, 1.54) is 109 Å². The summed E-state index contributed by atoms with van der Waals surface area (Å²) in [6, 6.07) is -0.714. The van der Waals surface area contributed by atoms with E-state index >= 15 is 0 Å². The van der Waals surface area contributed by atoms with E-state index in [0.29, 0.717) is 19.3 Å². The Morgan fingerprint density at radius 2 is 0.906 bits per heavy atom. The summed E-state index contributed by atoms with van der Waals surface area (Å²) < 4.78 is 5.93. The molecule has 0 saturated carbocycles. The number of aliphatic hydroxyl groups excluding tert-OH is 2. The largest absolute Gasteiger partial charge is 0.462 e. The molecular weight excluding hydrogens is 791 g/mol. The van der Waals surface area contributed by atoms with Crippen molar-refractivity contribution < 1.29 is 24.5 Å². The van der Waals surface area contributed by atoms with E-state index in [0.717, 1.165) is 103 Å². The quantitative estimate of drug-likeness (QED) is 0.0245. The normalized spacial score (nSPS) is 13.8. The van der Waals surface area contributed by atoms with E-state index in [1.54, 1.807) is 0 Å². The third kappa shape index (κ3) is 45.9. The molecule has 3 N–H and O–H groups in total. The van der Waals surface area contributed by atoms with Crippen LogP contribution in [0.5, 0.6) is 0 Å². The minimum atomic E-state index is -0.798. The maximum atomic E-state index is 13.2. The number of ether oxygens (including phenoxy) is 1. The predicted molar refractivity (Wildman–Crippen MR) is 278 cm³/mol. The molecular formula is C58H103NO5. The van der Waals surface area contributed by atoms with Crippen molar-refractivity contribution in [3.63, 3.8) is 0 Å². The fourth-order valence-electron chi connectivity index (χ4n) is 7.97. The van der Waals surface area contributed by atoms with Gasteiger partial charge in [0, 0.05) is 6.42 Å². The van der Waals surface area contributed by atoms with E-state index < -0.39 is 18.2 Å². The van der Waals surface area contributed by atoms with Crippen molar-refractivity contribution in [2.75, 3.05) is 6.61 Å². The summed E-state index contributed by atoms with van der Waals surface area (Å²) in [5.74, 6) is -0.508. The highest BCUT2D eigenvalue weighted by Crippen LogP contribution is 2.18. The average Bonchev–Trinajstić information content (AvgIpc) is 3.29. The Kier molecular flexibility index (Phi) is 49.1. The summed E-state index contributed by atoms with van der Waals surface area (Å²) in [6.07, 6.45) is 65.3. The topological polar surface area (TPSA) is 95.9 Å². The molecule has 0 aliphatic rings. The zero-order valence-corrected chi connectivity index (χ0v) is 42.1. The molecule has 0 radical (unpaired) electrons. The maximum absolute atomic E-state index is 13.2. The maximum Gasteiger partial charge on any atom is 0.306 e. The lowest BCUT2D eigenvalue weighted by Crippen LogP contribution is -2.46. The van der Waals surface area contributed by atoms with Crippen molar-refractivity contribution in [3.8, 4) is 0 Å². The Balaban J connectivity index is 4.59. The number of unbranched alkanes of at least 4 members (excludes halogenated alkanes) is 26. The van der Waals surface area contributed by atoms with Crippen molar-refractivity contribution >= 4 is 11.9 Å². The summed E-state index contributed by atoms with van der Waals surface area (Å²) in [7, 11) is 0. The molecule has 0 heterocycles. The number of amides is 1. The number of aliphatic hydroxyl groups is 2. The van der Waals surface area contributed by atoms with Crippen molar-refractivity contribution in [2.24, 2.45) is 0 Å². The SMILES string of the molecule is CC/C=C/C=C/C=C/CCCCCCCC(CC(=O)NC(CO)C(O)CCCCCCCCCCCCCCC)OC(=O)CCCCCCCC/C=C\C/C=C\C/C=C\CCCCC. The monoisotopic (exact) mass is 894 g/mol. The van der Waals surface area contributed by atoms with Crippen LogP contribution in [0.25, 0.3) is 0 Å². The van der Waals surface area contributed by atoms with Crippen LogP contribution in [0.4, 0.5) is 0 Å². The summed E-state index contributed by atoms with van der Waals surface area (Å²) in [5.41, 5.74) is 0. The molecule has 1 amide bonds. The van der Waals surface area contributed by atoms with Gasteiger partial charge in [-0.15, -0.1) is 0 Å². The van der Waals surface area contributed by atoms with Gasteiger partial charge >= 0.3 is 5.97 Å². The van der Waals surface area contributed by atoms with E-state index in [-0.39, 0.29) is 24.9 Å². The number of hydrogen-bond donors (Lipinski definition) is 3. The third-order valence-electron chi connectivity index (χ3n) is 12.1. The van der Waals surface area contributed by atoms with Gasteiger partial charge in [0.2, 0.25) is 5.91 Å². The molecule has 64 heavy (non-hydrogen) atoms. The van der Waals surface area contributed by atoms with Crippen LogP contribution in [0.2, 0.25) is 0 Å². The first-order chi connectivity index (χ1) is 31.5. The second-order valence-corrected chi connectivity index (χ2v) is 18.3. The number of carbonyl (C=O) groups excluding carboxylic acids is 2. The summed E-state index contributed by atoms with van der Waals surface area (Å²) in [5, 5.41) is 23.8. The lowest BCUT2D eigenvalue weighted by atomic mass is 10.0. The molecule has 6 heteroatoms. The van der Waals surface area contributed by atoms with Crippen LogP contribution >= 0.6 is 0 Å². The number of esters is 1. The minimum Gasteiger partial charge on any atom is -0.462 e. The predicted octanol–water partition coefficient (Wildman–Crippen LogP) is 16.6. The van der Waals surface area contributed by atoms with Crippen LogP contribution < -0.4 is 5.32 Å². The Hall–Kier alpha value is -2.70. The molecule has 0 aromatic carbocycles. The fourth-order valence-corrected chi connectivity index (χ4v) is 7.97. The second kappa shape index (κ2) is 51.3. The van der Waals surface area contributed by atoms with Crippen molar-refractivity contribution in [1.82, 2.24) is 5.32 Å². The molecule has 0 aromatic heterocycles. The van der Waals surface area contributed by atoms with Crippen LogP contribution in [-0.2, 0) is 14.3 Å². The lowest BCUT2D eigenvalue weighted by Gasteiger charge is -2.24. The van der Waals surface area contributed by atoms with Gasteiger partial charge in [-0.05, 0) is 83.5 Å². The first-order valence-electron chi connectivity index (χ1n) is 27.2.